The summed E-state index contributed by atoms with van der Waals surface area (Å²) in [5, 5.41) is 22.4. The molecule has 2 rings (SSSR count). The molecular weight excluding hydrogens is 361 g/mol. The number of aliphatic hydroxyl groups excluding tert-OH is 1. The highest BCUT2D eigenvalue weighted by Crippen LogP contribution is 2.39. The van der Waals surface area contributed by atoms with Crippen molar-refractivity contribution in [2.75, 3.05) is 0 Å². The van der Waals surface area contributed by atoms with E-state index >= 15 is 0 Å². The summed E-state index contributed by atoms with van der Waals surface area (Å²) in [5.41, 5.74) is -3.27. The summed E-state index contributed by atoms with van der Waals surface area (Å²) < 4.78 is 45.4. The van der Waals surface area contributed by atoms with Gasteiger partial charge in [0.1, 0.15) is 34.5 Å². The summed E-state index contributed by atoms with van der Waals surface area (Å²) >= 11 is 5.83. The summed E-state index contributed by atoms with van der Waals surface area (Å²) in [6.07, 6.45) is -3.78. The lowest BCUT2D eigenvalue weighted by molar-refractivity contribution is -0.141. The van der Waals surface area contributed by atoms with Gasteiger partial charge in [0.05, 0.1) is 5.56 Å². The summed E-state index contributed by atoms with van der Waals surface area (Å²) in [5.74, 6) is -0.710. The molecule has 10 heteroatoms. The number of oxazole rings is 1. The van der Waals surface area contributed by atoms with Crippen LogP contribution in [-0.2, 0) is 18.6 Å². The standard InChI is InChI=1S/C15H14ClF3N4O2/c1-14(2,3)13-21-8(6-25-13)7(5-20)10(24)9-11(15(17,18)19)22-23(4)12(9)16/h6,24H,1-4H3. The molecule has 2 aromatic heterocycles. The molecule has 2 heterocycles. The maximum Gasteiger partial charge on any atom is 0.435 e. The van der Waals surface area contributed by atoms with Gasteiger partial charge in [-0.2, -0.15) is 23.5 Å². The van der Waals surface area contributed by atoms with E-state index in [0.717, 1.165) is 10.9 Å². The zero-order valence-electron chi connectivity index (χ0n) is 13.7. The van der Waals surface area contributed by atoms with Gasteiger partial charge in [-0.3, -0.25) is 4.68 Å². The van der Waals surface area contributed by atoms with Crippen LogP contribution in [0.3, 0.4) is 0 Å². The van der Waals surface area contributed by atoms with Crippen LogP contribution in [0.25, 0.3) is 11.3 Å². The highest BCUT2D eigenvalue weighted by molar-refractivity contribution is 6.31. The summed E-state index contributed by atoms with van der Waals surface area (Å²) in [6, 6.07) is 1.64. The minimum atomic E-state index is -4.87. The van der Waals surface area contributed by atoms with Crippen molar-refractivity contribution in [3.63, 3.8) is 0 Å². The van der Waals surface area contributed by atoms with Gasteiger partial charge in [0.15, 0.2) is 11.6 Å². The first kappa shape index (κ1) is 18.9. The molecule has 0 fully saturated rings. The highest BCUT2D eigenvalue weighted by Gasteiger charge is 2.40. The van der Waals surface area contributed by atoms with Crippen LogP contribution in [0.5, 0.6) is 0 Å². The van der Waals surface area contributed by atoms with Gasteiger partial charge >= 0.3 is 6.18 Å². The average molecular weight is 375 g/mol. The molecule has 0 aliphatic rings. The molecule has 6 nitrogen and oxygen atoms in total. The Morgan fingerprint density at radius 2 is 1.96 bits per heavy atom. The molecule has 2 aromatic rings. The van der Waals surface area contributed by atoms with Gasteiger partial charge in [-0.1, -0.05) is 32.4 Å². The lowest BCUT2D eigenvalue weighted by Gasteiger charge is -2.11. The first-order valence-corrected chi connectivity index (χ1v) is 7.35. The third kappa shape index (κ3) is 3.49. The SMILES string of the molecule is Cn1nc(C(F)(F)F)c(C(O)=C(C#N)c2coc(C(C)(C)C)n2)c1Cl. The minimum absolute atomic E-state index is 0.0991. The van der Waals surface area contributed by atoms with Gasteiger partial charge in [-0.25, -0.2) is 4.98 Å². The number of halogens is 4. The van der Waals surface area contributed by atoms with Crippen LogP contribution < -0.4 is 0 Å². The minimum Gasteiger partial charge on any atom is -0.506 e. The van der Waals surface area contributed by atoms with E-state index in [0.29, 0.717) is 0 Å². The second-order valence-electron chi connectivity index (χ2n) is 6.26. The third-order valence-corrected chi connectivity index (χ3v) is 3.67. The lowest BCUT2D eigenvalue weighted by atomic mass is 9.97. The van der Waals surface area contributed by atoms with Crippen LogP contribution >= 0.6 is 11.6 Å². The molecule has 0 saturated heterocycles. The van der Waals surface area contributed by atoms with Crippen molar-refractivity contribution in [3.05, 3.63) is 34.3 Å². The van der Waals surface area contributed by atoms with E-state index in [4.69, 9.17) is 16.0 Å². The molecular formula is C15H14ClF3N4O2. The molecule has 0 spiro atoms. The average Bonchev–Trinajstić information content (AvgIpc) is 3.05. The van der Waals surface area contributed by atoms with Crippen molar-refractivity contribution in [3.8, 4) is 6.07 Å². The smallest absolute Gasteiger partial charge is 0.435 e. The Kier molecular flexibility index (Phi) is 4.61. The Labute approximate surface area is 146 Å². The Morgan fingerprint density at radius 3 is 2.40 bits per heavy atom. The van der Waals surface area contributed by atoms with Crippen molar-refractivity contribution >= 4 is 22.9 Å². The Hall–Kier alpha value is -2.47. The fraction of sp³-hybridized carbons (Fsp3) is 0.400. The number of allylic oxidation sites excluding steroid dienone is 1. The van der Waals surface area contributed by atoms with E-state index in [9.17, 15) is 23.5 Å². The molecule has 0 saturated carbocycles. The quantitative estimate of drug-likeness (QED) is 0.624. The largest absolute Gasteiger partial charge is 0.506 e. The van der Waals surface area contributed by atoms with Crippen LogP contribution in [0.4, 0.5) is 13.2 Å². The molecule has 0 bridgehead atoms. The number of hydrogen-bond donors (Lipinski definition) is 1. The predicted molar refractivity (Wildman–Crippen MR) is 83.5 cm³/mol. The molecule has 0 aliphatic heterocycles. The van der Waals surface area contributed by atoms with Crippen molar-refractivity contribution in [2.45, 2.75) is 32.4 Å². The molecule has 0 unspecified atom stereocenters. The molecule has 25 heavy (non-hydrogen) atoms. The van der Waals surface area contributed by atoms with Crippen LogP contribution in [-0.4, -0.2) is 19.9 Å². The van der Waals surface area contributed by atoms with Crippen molar-refractivity contribution in [1.82, 2.24) is 14.8 Å². The number of alkyl halides is 3. The van der Waals surface area contributed by atoms with Crippen molar-refractivity contribution in [1.29, 1.82) is 5.26 Å². The van der Waals surface area contributed by atoms with Crippen LogP contribution in [0, 0.1) is 11.3 Å². The third-order valence-electron chi connectivity index (χ3n) is 3.23. The fourth-order valence-corrected chi connectivity index (χ4v) is 2.22. The van der Waals surface area contributed by atoms with Gasteiger partial charge in [0.2, 0.25) is 0 Å². The van der Waals surface area contributed by atoms with Crippen LogP contribution in [0.15, 0.2) is 10.7 Å². The molecule has 134 valence electrons. The zero-order chi connectivity index (χ0) is 19.2. The topological polar surface area (TPSA) is 87.9 Å². The normalized spacial score (nSPS) is 13.6. The molecule has 0 amide bonds. The lowest BCUT2D eigenvalue weighted by Crippen LogP contribution is -2.11. The number of aromatic nitrogens is 3. The van der Waals surface area contributed by atoms with E-state index in [1.807, 2.05) is 0 Å². The second kappa shape index (κ2) is 6.11. The van der Waals surface area contributed by atoms with Gasteiger partial charge in [-0.15, -0.1) is 0 Å². The Morgan fingerprint density at radius 1 is 1.36 bits per heavy atom. The number of nitrogens with zero attached hydrogens (tertiary/aromatic N) is 4. The van der Waals surface area contributed by atoms with E-state index < -0.39 is 39.3 Å². The molecule has 0 aromatic carbocycles. The van der Waals surface area contributed by atoms with Crippen LogP contribution in [0.1, 0.15) is 43.6 Å². The summed E-state index contributed by atoms with van der Waals surface area (Å²) in [4.78, 5) is 4.07. The van der Waals surface area contributed by atoms with Gasteiger partial charge < -0.3 is 9.52 Å². The summed E-state index contributed by atoms with van der Waals surface area (Å²) in [6.45, 7) is 5.41. The maximum atomic E-state index is 13.1. The first-order chi connectivity index (χ1) is 11.4. The fourth-order valence-electron chi connectivity index (χ4n) is 2.00. The molecule has 0 aliphatic carbocycles. The predicted octanol–water partition coefficient (Wildman–Crippen LogP) is 4.33. The Balaban J connectivity index is 2.70. The second-order valence-corrected chi connectivity index (χ2v) is 6.62. The van der Waals surface area contributed by atoms with E-state index in [2.05, 4.69) is 10.1 Å². The van der Waals surface area contributed by atoms with Crippen molar-refractivity contribution in [2.24, 2.45) is 7.05 Å². The van der Waals surface area contributed by atoms with Crippen LogP contribution in [0.2, 0.25) is 5.15 Å². The van der Waals surface area contributed by atoms with Crippen molar-refractivity contribution < 1.29 is 22.7 Å². The zero-order valence-corrected chi connectivity index (χ0v) is 14.5. The molecule has 0 atom stereocenters. The maximum absolute atomic E-state index is 13.1. The number of nitriles is 1. The van der Waals surface area contributed by atoms with E-state index in [1.165, 1.54) is 7.05 Å². The number of aliphatic hydroxyl groups is 1. The summed E-state index contributed by atoms with van der Waals surface area (Å²) in [7, 11) is 1.19. The molecule has 0 radical (unpaired) electrons. The number of aryl methyl sites for hydroxylation is 1. The first-order valence-electron chi connectivity index (χ1n) is 6.97. The molecule has 1 N–H and O–H groups in total. The van der Waals surface area contributed by atoms with Gasteiger partial charge in [-0.05, 0) is 0 Å². The Bertz CT molecular complexity index is 882. The number of hydrogen-bond acceptors (Lipinski definition) is 5. The monoisotopic (exact) mass is 374 g/mol. The van der Waals surface area contributed by atoms with Gasteiger partial charge in [0.25, 0.3) is 0 Å². The highest BCUT2D eigenvalue weighted by atomic mass is 35.5. The van der Waals surface area contributed by atoms with E-state index in [-0.39, 0.29) is 11.6 Å². The van der Waals surface area contributed by atoms with E-state index in [1.54, 1.807) is 26.8 Å². The van der Waals surface area contributed by atoms with Gasteiger partial charge in [0, 0.05) is 12.5 Å². The number of rotatable bonds is 2.